The van der Waals surface area contributed by atoms with Gasteiger partial charge in [0, 0.05) is 66.3 Å². The quantitative estimate of drug-likeness (QED) is 0.161. The highest BCUT2D eigenvalue weighted by atomic mass is 32.1. The number of ether oxygens (including phenoxy) is 2. The van der Waals surface area contributed by atoms with Gasteiger partial charge in [-0.05, 0) is 117 Å². The highest BCUT2D eigenvalue weighted by Gasteiger charge is 2.46. The lowest BCUT2D eigenvalue weighted by Crippen LogP contribution is -2.56. The van der Waals surface area contributed by atoms with Gasteiger partial charge in [0.05, 0.1) is 16.2 Å². The molecule has 0 saturated carbocycles. The van der Waals surface area contributed by atoms with Crippen LogP contribution in [0.15, 0.2) is 194 Å². The summed E-state index contributed by atoms with van der Waals surface area (Å²) in [6.07, 6.45) is 0. The van der Waals surface area contributed by atoms with E-state index in [1.165, 1.54) is 75.7 Å². The molecule has 3 aliphatic heterocycles. The summed E-state index contributed by atoms with van der Waals surface area (Å²) in [4.78, 5) is 6.24. The van der Waals surface area contributed by atoms with E-state index in [1.54, 1.807) is 0 Å². The third kappa shape index (κ3) is 6.32. The van der Waals surface area contributed by atoms with Crippen LogP contribution in [0, 0.1) is 0 Å². The fraction of sp³-hybridized carbons (Fsp3) is 0.125. The van der Waals surface area contributed by atoms with Crippen molar-refractivity contribution in [3.63, 3.8) is 0 Å². The molecule has 0 unspecified atom stereocenters. The van der Waals surface area contributed by atoms with Crippen LogP contribution in [0.5, 0.6) is 23.0 Å². The molecule has 0 spiro atoms. The van der Waals surface area contributed by atoms with Crippen molar-refractivity contribution < 1.29 is 9.47 Å². The summed E-state index contributed by atoms with van der Waals surface area (Å²) in [5, 5.41) is 3.79. The van der Waals surface area contributed by atoms with Crippen LogP contribution < -0.4 is 30.2 Å². The van der Waals surface area contributed by atoms with Gasteiger partial charge in [-0.3, -0.25) is 0 Å². The SMILES string of the molecule is CC(C)(C)c1ccc(N2c3cc4c(cc3B3c5c(cc(C(C)(C)C)cc52)-c2ccc(N(c5ccccc5)c5ccccc5)c5c6c7ccccc7sc6n3c25)Oc2ccccc2O4)c(-c2ccccc2)c1. The summed E-state index contributed by atoms with van der Waals surface area (Å²) in [6, 6.07) is 71.0. The summed E-state index contributed by atoms with van der Waals surface area (Å²) in [5.41, 5.74) is 17.5. The Hall–Kier alpha value is -8.00. The van der Waals surface area contributed by atoms with Gasteiger partial charge in [0.15, 0.2) is 23.0 Å². The molecule has 342 valence electrons. The molecule has 7 heteroatoms. The van der Waals surface area contributed by atoms with Gasteiger partial charge >= 0.3 is 6.85 Å². The molecule has 0 amide bonds. The standard InChI is InChI=1S/C64H50BN3O2S/c1-63(2,3)40-30-32-49(46(34-40)39-20-10-7-11-21-39)67-51-38-56-55(69-53-27-17-18-28-54(53)70-56)37-48(51)65-60-47(35-41(36-52(60)67)64(4,5)6)44-31-33-50(66(42-22-12-8-13-23-42)43-24-14-9-15-25-43)59-58-45-26-16-19-29-57(45)71-62(58)68(65)61(44)59/h7-38H,1-6H3. The van der Waals surface area contributed by atoms with E-state index >= 15 is 0 Å². The van der Waals surface area contributed by atoms with Gasteiger partial charge in [-0.15, -0.1) is 11.3 Å². The number of nitrogens with zero attached hydrogens (tertiary/aromatic N) is 3. The molecule has 2 aromatic heterocycles. The van der Waals surface area contributed by atoms with Crippen molar-refractivity contribution in [1.82, 2.24) is 4.48 Å². The number of anilines is 6. The Balaban J connectivity index is 1.15. The van der Waals surface area contributed by atoms with Crippen LogP contribution in [0.1, 0.15) is 52.7 Å². The summed E-state index contributed by atoms with van der Waals surface area (Å²) in [6.45, 7) is 13.7. The zero-order chi connectivity index (χ0) is 47.9. The normalized spacial score (nSPS) is 13.4. The van der Waals surface area contributed by atoms with E-state index in [9.17, 15) is 0 Å². The average Bonchev–Trinajstić information content (AvgIpc) is 3.93. The third-order valence-corrected chi connectivity index (χ3v) is 16.1. The van der Waals surface area contributed by atoms with Gasteiger partial charge < -0.3 is 23.8 Å². The number of para-hydroxylation sites is 4. The molecule has 11 aromatic rings. The number of thiophene rings is 1. The molecule has 0 saturated heterocycles. The maximum absolute atomic E-state index is 6.87. The van der Waals surface area contributed by atoms with Crippen LogP contribution in [-0.2, 0) is 10.8 Å². The number of benzene rings is 9. The van der Waals surface area contributed by atoms with E-state index in [2.05, 4.69) is 226 Å². The number of rotatable bonds is 5. The summed E-state index contributed by atoms with van der Waals surface area (Å²) in [5.74, 6) is 2.82. The molecule has 5 heterocycles. The minimum Gasteiger partial charge on any atom is -0.450 e. The second-order valence-corrected chi connectivity index (χ2v) is 22.3. The van der Waals surface area contributed by atoms with Crippen molar-refractivity contribution in [3.8, 4) is 45.3 Å². The average molecular weight is 936 g/mol. The van der Waals surface area contributed by atoms with E-state index in [-0.39, 0.29) is 17.7 Å². The largest absolute Gasteiger partial charge is 0.450 e. The van der Waals surface area contributed by atoms with Gasteiger partial charge in [-0.2, -0.15) is 0 Å². The van der Waals surface area contributed by atoms with Crippen LogP contribution >= 0.6 is 11.3 Å². The minimum atomic E-state index is -0.224. The molecule has 3 aliphatic rings. The molecule has 0 fully saturated rings. The Morgan fingerprint density at radius 2 is 1.08 bits per heavy atom. The lowest BCUT2D eigenvalue weighted by atomic mass is 9.45. The summed E-state index contributed by atoms with van der Waals surface area (Å²) >= 11 is 1.89. The first-order valence-electron chi connectivity index (χ1n) is 24.7. The molecule has 0 bridgehead atoms. The Morgan fingerprint density at radius 3 is 1.76 bits per heavy atom. The highest BCUT2D eigenvalue weighted by Crippen LogP contribution is 2.56. The molecule has 0 radical (unpaired) electrons. The predicted molar refractivity (Wildman–Crippen MR) is 299 cm³/mol. The van der Waals surface area contributed by atoms with Crippen molar-refractivity contribution in [2.75, 3.05) is 9.80 Å². The van der Waals surface area contributed by atoms with Crippen LogP contribution in [0.4, 0.5) is 34.1 Å². The van der Waals surface area contributed by atoms with Crippen molar-refractivity contribution >= 4 is 94.4 Å². The zero-order valence-corrected chi connectivity index (χ0v) is 41.4. The molecule has 0 N–H and O–H groups in total. The van der Waals surface area contributed by atoms with E-state index in [0.717, 1.165) is 33.9 Å². The summed E-state index contributed by atoms with van der Waals surface area (Å²) < 4.78 is 17.7. The fourth-order valence-corrected chi connectivity index (χ4v) is 12.7. The first kappa shape index (κ1) is 41.9. The Bertz CT molecular complexity index is 3940. The first-order valence-corrected chi connectivity index (χ1v) is 25.5. The topological polar surface area (TPSA) is 29.9 Å². The van der Waals surface area contributed by atoms with Crippen LogP contribution in [0.3, 0.4) is 0 Å². The highest BCUT2D eigenvalue weighted by molar-refractivity contribution is 7.26. The molecule has 71 heavy (non-hydrogen) atoms. The zero-order valence-electron chi connectivity index (χ0n) is 40.6. The van der Waals surface area contributed by atoms with Crippen LogP contribution in [0.25, 0.3) is 53.5 Å². The van der Waals surface area contributed by atoms with Crippen molar-refractivity contribution in [3.05, 3.63) is 205 Å². The first-order chi connectivity index (χ1) is 34.5. The van der Waals surface area contributed by atoms with Crippen LogP contribution in [-0.4, -0.2) is 11.3 Å². The smallest absolute Gasteiger partial charge is 0.333 e. The molecule has 0 atom stereocenters. The van der Waals surface area contributed by atoms with E-state index in [4.69, 9.17) is 9.47 Å². The van der Waals surface area contributed by atoms with Crippen molar-refractivity contribution in [2.24, 2.45) is 0 Å². The number of fused-ring (bicyclic) bond motifs is 11. The van der Waals surface area contributed by atoms with E-state index in [1.807, 2.05) is 35.6 Å². The second kappa shape index (κ2) is 15.3. The maximum Gasteiger partial charge on any atom is 0.333 e. The minimum absolute atomic E-state index is 0.0650. The number of hydrogen-bond donors (Lipinski definition) is 0. The maximum atomic E-state index is 6.87. The number of hydrogen-bond acceptors (Lipinski definition) is 5. The molecule has 9 aromatic carbocycles. The molecule has 14 rings (SSSR count). The van der Waals surface area contributed by atoms with E-state index < -0.39 is 0 Å². The summed E-state index contributed by atoms with van der Waals surface area (Å²) in [7, 11) is 0. The molecule has 0 aliphatic carbocycles. The Kier molecular flexibility index (Phi) is 9.01. The molecular formula is C64H50BN3O2S. The van der Waals surface area contributed by atoms with Gasteiger partial charge in [0.2, 0.25) is 0 Å². The fourth-order valence-electron chi connectivity index (χ4n) is 11.5. The predicted octanol–water partition coefficient (Wildman–Crippen LogP) is 17.1. The second-order valence-electron chi connectivity index (χ2n) is 21.3. The lowest BCUT2D eigenvalue weighted by molar-refractivity contribution is 0.360. The monoisotopic (exact) mass is 935 g/mol. The Morgan fingerprint density at radius 1 is 0.479 bits per heavy atom. The van der Waals surface area contributed by atoms with Crippen molar-refractivity contribution in [1.29, 1.82) is 0 Å². The number of aromatic nitrogens is 1. The Labute approximate surface area is 418 Å². The van der Waals surface area contributed by atoms with Gasteiger partial charge in [0.25, 0.3) is 0 Å². The lowest BCUT2D eigenvalue weighted by Gasteiger charge is -2.42. The van der Waals surface area contributed by atoms with E-state index in [0.29, 0.717) is 23.0 Å². The molecule has 5 nitrogen and oxygen atoms in total. The van der Waals surface area contributed by atoms with Crippen LogP contribution in [0.2, 0.25) is 0 Å². The molecular weight excluding hydrogens is 886 g/mol. The van der Waals surface area contributed by atoms with Gasteiger partial charge in [0.1, 0.15) is 0 Å². The van der Waals surface area contributed by atoms with Crippen molar-refractivity contribution in [2.45, 2.75) is 52.4 Å². The van der Waals surface area contributed by atoms with Gasteiger partial charge in [-0.1, -0.05) is 157 Å². The third-order valence-electron chi connectivity index (χ3n) is 14.9. The van der Waals surface area contributed by atoms with Gasteiger partial charge in [-0.25, -0.2) is 0 Å².